The average molecular weight is 355 g/mol. The maximum Gasteiger partial charge on any atom is 0.335 e. The Morgan fingerprint density at radius 3 is 2.23 bits per heavy atom. The number of thiocarbonyl (C=S) groups is 1. The fourth-order valence-electron chi connectivity index (χ4n) is 1.75. The lowest BCUT2D eigenvalue weighted by atomic mass is 10.1. The first-order valence-electron chi connectivity index (χ1n) is 6.27. The summed E-state index contributed by atoms with van der Waals surface area (Å²) < 4.78 is 0. The Morgan fingerprint density at radius 1 is 1.09 bits per heavy atom. The summed E-state index contributed by atoms with van der Waals surface area (Å²) in [5, 5.41) is 16.3. The predicted octanol–water partition coefficient (Wildman–Crippen LogP) is 4.18. The number of aromatic carboxylic acids is 1. The molecule has 0 radical (unpaired) electrons. The summed E-state index contributed by atoms with van der Waals surface area (Å²) in [7, 11) is 0. The smallest absolute Gasteiger partial charge is 0.335 e. The number of carboxylic acids is 1. The number of hydrogen-bond acceptors (Lipinski definition) is 2. The molecule has 0 unspecified atom stereocenters. The van der Waals surface area contributed by atoms with Crippen LogP contribution in [0.1, 0.15) is 15.9 Å². The van der Waals surface area contributed by atoms with Crippen LogP contribution in [0.5, 0.6) is 0 Å². The zero-order valence-electron chi connectivity index (χ0n) is 11.3. The van der Waals surface area contributed by atoms with Crippen LogP contribution in [-0.4, -0.2) is 16.2 Å². The van der Waals surface area contributed by atoms with Crippen molar-refractivity contribution < 1.29 is 9.90 Å². The van der Waals surface area contributed by atoms with Gasteiger partial charge in [-0.3, -0.25) is 0 Å². The quantitative estimate of drug-likeness (QED) is 0.719. The van der Waals surface area contributed by atoms with E-state index in [4.69, 9.17) is 40.5 Å². The molecule has 2 aromatic rings. The Kier molecular flexibility index (Phi) is 5.60. The Labute approximate surface area is 143 Å². The van der Waals surface area contributed by atoms with Crippen molar-refractivity contribution in [2.45, 2.75) is 6.54 Å². The van der Waals surface area contributed by atoms with E-state index in [0.29, 0.717) is 27.4 Å². The standard InChI is InChI=1S/C15H12Cl2N2O2S/c16-11-5-12(17)7-13(6-11)19-15(22)18-8-9-1-3-10(4-2-9)14(20)21/h1-7H,8H2,(H,20,21)(H2,18,19,22). The molecule has 114 valence electrons. The van der Waals surface area contributed by atoms with Crippen molar-refractivity contribution in [3.8, 4) is 0 Å². The first-order chi connectivity index (χ1) is 10.4. The van der Waals surface area contributed by atoms with Gasteiger partial charge in [-0.2, -0.15) is 0 Å². The fourth-order valence-corrected chi connectivity index (χ4v) is 2.46. The van der Waals surface area contributed by atoms with Gasteiger partial charge in [-0.25, -0.2) is 4.79 Å². The summed E-state index contributed by atoms with van der Waals surface area (Å²) in [6, 6.07) is 11.6. The normalized spacial score (nSPS) is 10.1. The van der Waals surface area contributed by atoms with Gasteiger partial charge in [0.2, 0.25) is 0 Å². The van der Waals surface area contributed by atoms with Gasteiger partial charge >= 0.3 is 5.97 Å². The molecule has 0 spiro atoms. The number of hydrogen-bond donors (Lipinski definition) is 3. The Morgan fingerprint density at radius 2 is 1.68 bits per heavy atom. The van der Waals surface area contributed by atoms with E-state index < -0.39 is 5.97 Å². The van der Waals surface area contributed by atoms with Gasteiger partial charge in [-0.1, -0.05) is 35.3 Å². The van der Waals surface area contributed by atoms with Crippen molar-refractivity contribution in [1.29, 1.82) is 0 Å². The van der Waals surface area contributed by atoms with Crippen LogP contribution in [-0.2, 0) is 6.54 Å². The van der Waals surface area contributed by atoms with E-state index in [0.717, 1.165) is 5.56 Å². The molecule has 0 atom stereocenters. The molecule has 0 amide bonds. The zero-order valence-corrected chi connectivity index (χ0v) is 13.6. The average Bonchev–Trinajstić information content (AvgIpc) is 2.44. The van der Waals surface area contributed by atoms with Crippen molar-refractivity contribution in [3.63, 3.8) is 0 Å². The summed E-state index contributed by atoms with van der Waals surface area (Å²) in [5.41, 5.74) is 1.85. The number of benzene rings is 2. The van der Waals surface area contributed by atoms with E-state index in [2.05, 4.69) is 10.6 Å². The van der Waals surface area contributed by atoms with Crippen LogP contribution in [0.15, 0.2) is 42.5 Å². The van der Waals surface area contributed by atoms with E-state index >= 15 is 0 Å². The van der Waals surface area contributed by atoms with E-state index in [1.807, 2.05) is 0 Å². The van der Waals surface area contributed by atoms with Crippen LogP contribution in [0.25, 0.3) is 0 Å². The predicted molar refractivity (Wildman–Crippen MR) is 92.9 cm³/mol. The van der Waals surface area contributed by atoms with Gasteiger partial charge in [-0.05, 0) is 48.1 Å². The van der Waals surface area contributed by atoms with Gasteiger partial charge in [0, 0.05) is 22.3 Å². The maximum atomic E-state index is 10.8. The molecule has 22 heavy (non-hydrogen) atoms. The second-order valence-corrected chi connectivity index (χ2v) is 5.75. The number of halogens is 2. The molecule has 0 saturated heterocycles. The zero-order chi connectivity index (χ0) is 16.1. The third kappa shape index (κ3) is 4.87. The second-order valence-electron chi connectivity index (χ2n) is 4.47. The van der Waals surface area contributed by atoms with Crippen molar-refractivity contribution in [2.24, 2.45) is 0 Å². The molecule has 0 aliphatic carbocycles. The van der Waals surface area contributed by atoms with Crippen LogP contribution < -0.4 is 10.6 Å². The second kappa shape index (κ2) is 7.45. The van der Waals surface area contributed by atoms with Gasteiger partial charge in [0.05, 0.1) is 5.56 Å². The van der Waals surface area contributed by atoms with E-state index in [-0.39, 0.29) is 5.56 Å². The van der Waals surface area contributed by atoms with Gasteiger partial charge in [0.15, 0.2) is 5.11 Å². The molecule has 2 rings (SSSR count). The number of carbonyl (C=O) groups is 1. The fraction of sp³-hybridized carbons (Fsp3) is 0.0667. The maximum absolute atomic E-state index is 10.8. The number of nitrogens with one attached hydrogen (secondary N) is 2. The minimum Gasteiger partial charge on any atom is -0.478 e. The minimum atomic E-state index is -0.950. The largest absolute Gasteiger partial charge is 0.478 e. The Hall–Kier alpha value is -1.82. The molecule has 0 aliphatic rings. The molecule has 4 nitrogen and oxygen atoms in total. The number of anilines is 1. The SMILES string of the molecule is O=C(O)c1ccc(CNC(=S)Nc2cc(Cl)cc(Cl)c2)cc1. The highest BCUT2D eigenvalue weighted by atomic mass is 35.5. The van der Waals surface area contributed by atoms with Gasteiger partial charge in [-0.15, -0.1) is 0 Å². The van der Waals surface area contributed by atoms with Crippen molar-refractivity contribution in [3.05, 3.63) is 63.6 Å². The van der Waals surface area contributed by atoms with Gasteiger partial charge < -0.3 is 15.7 Å². The topological polar surface area (TPSA) is 61.4 Å². The molecule has 3 N–H and O–H groups in total. The van der Waals surface area contributed by atoms with Crippen LogP contribution >= 0.6 is 35.4 Å². The van der Waals surface area contributed by atoms with Crippen molar-refractivity contribution in [2.75, 3.05) is 5.32 Å². The molecular formula is C15H12Cl2N2O2S. The first-order valence-corrected chi connectivity index (χ1v) is 7.43. The van der Waals surface area contributed by atoms with Crippen molar-refractivity contribution in [1.82, 2.24) is 5.32 Å². The molecule has 7 heteroatoms. The van der Waals surface area contributed by atoms with Gasteiger partial charge in [0.25, 0.3) is 0 Å². The van der Waals surface area contributed by atoms with Crippen LogP contribution in [0.2, 0.25) is 10.0 Å². The number of rotatable bonds is 4. The number of carboxylic acid groups (broad SMARTS) is 1. The highest BCUT2D eigenvalue weighted by molar-refractivity contribution is 7.80. The Bertz CT molecular complexity index is 685. The summed E-state index contributed by atoms with van der Waals surface area (Å²) in [6.07, 6.45) is 0. The highest BCUT2D eigenvalue weighted by Crippen LogP contribution is 2.22. The lowest BCUT2D eigenvalue weighted by Gasteiger charge is -2.11. The lowest BCUT2D eigenvalue weighted by molar-refractivity contribution is 0.0697. The third-order valence-corrected chi connectivity index (χ3v) is 3.46. The monoisotopic (exact) mass is 354 g/mol. The molecule has 0 aliphatic heterocycles. The summed E-state index contributed by atoms with van der Waals surface area (Å²) in [4.78, 5) is 10.8. The van der Waals surface area contributed by atoms with Crippen molar-refractivity contribution >= 4 is 52.2 Å². The molecule has 0 bridgehead atoms. The summed E-state index contributed by atoms with van der Waals surface area (Å²) >= 11 is 17.0. The highest BCUT2D eigenvalue weighted by Gasteiger charge is 2.03. The van der Waals surface area contributed by atoms with E-state index in [1.165, 1.54) is 0 Å². The molecule has 0 aromatic heterocycles. The Balaban J connectivity index is 1.91. The third-order valence-electron chi connectivity index (χ3n) is 2.77. The van der Waals surface area contributed by atoms with E-state index in [9.17, 15) is 4.79 Å². The van der Waals surface area contributed by atoms with Crippen LogP contribution in [0.3, 0.4) is 0 Å². The van der Waals surface area contributed by atoms with Crippen LogP contribution in [0, 0.1) is 0 Å². The molecule has 0 fully saturated rings. The molecule has 0 saturated carbocycles. The molecular weight excluding hydrogens is 343 g/mol. The molecule has 2 aromatic carbocycles. The van der Waals surface area contributed by atoms with E-state index in [1.54, 1.807) is 42.5 Å². The van der Waals surface area contributed by atoms with Gasteiger partial charge in [0.1, 0.15) is 0 Å². The molecule has 0 heterocycles. The summed E-state index contributed by atoms with van der Waals surface area (Å²) in [6.45, 7) is 0.472. The first kappa shape index (κ1) is 16.5. The van der Waals surface area contributed by atoms with Crippen LogP contribution in [0.4, 0.5) is 5.69 Å². The lowest BCUT2D eigenvalue weighted by Crippen LogP contribution is -2.27. The summed E-state index contributed by atoms with van der Waals surface area (Å²) in [5.74, 6) is -0.950. The minimum absolute atomic E-state index is 0.248.